The lowest BCUT2D eigenvalue weighted by Gasteiger charge is -2.38. The lowest BCUT2D eigenvalue weighted by Crippen LogP contribution is -2.39. The Hall–Kier alpha value is -1.16. The quantitative estimate of drug-likeness (QED) is 0.928. The van der Waals surface area contributed by atoms with Gasteiger partial charge in [-0.25, -0.2) is 0 Å². The molecule has 0 amide bonds. The van der Waals surface area contributed by atoms with Gasteiger partial charge in [-0.2, -0.15) is 5.10 Å². The van der Waals surface area contributed by atoms with E-state index in [1.807, 2.05) is 13.8 Å². The third-order valence-electron chi connectivity index (χ3n) is 6.72. The molecule has 2 bridgehead atoms. The van der Waals surface area contributed by atoms with Crippen LogP contribution in [0, 0.1) is 30.6 Å². The second kappa shape index (κ2) is 4.67. The van der Waals surface area contributed by atoms with E-state index in [1.165, 1.54) is 12.8 Å². The van der Waals surface area contributed by atoms with Crippen molar-refractivity contribution in [2.45, 2.75) is 66.5 Å². The third kappa shape index (κ3) is 1.91. The van der Waals surface area contributed by atoms with Crippen molar-refractivity contribution in [3.63, 3.8) is 0 Å². The largest absolute Gasteiger partial charge is 0.472 e. The summed E-state index contributed by atoms with van der Waals surface area (Å²) in [4.78, 5) is 0. The minimum absolute atomic E-state index is 0.226. The maximum absolute atomic E-state index is 6.35. The van der Waals surface area contributed by atoms with Gasteiger partial charge in [-0.15, -0.1) is 5.10 Å². The Morgan fingerprint density at radius 2 is 1.95 bits per heavy atom. The molecule has 0 spiro atoms. The number of fused-ring (bicyclic) bond motifs is 2. The van der Waals surface area contributed by atoms with E-state index in [-0.39, 0.29) is 11.5 Å². The number of nitrogens with zero attached hydrogens (tertiary/aromatic N) is 2. The van der Waals surface area contributed by atoms with Gasteiger partial charge in [0.1, 0.15) is 6.10 Å². The maximum atomic E-state index is 6.35. The van der Waals surface area contributed by atoms with Crippen molar-refractivity contribution in [1.82, 2.24) is 10.2 Å². The van der Waals surface area contributed by atoms with Gasteiger partial charge in [-0.1, -0.05) is 20.8 Å². The average molecular weight is 289 g/mol. The molecule has 3 atom stereocenters. The molecule has 21 heavy (non-hydrogen) atoms. The molecule has 0 aromatic carbocycles. The molecule has 2 saturated carbocycles. The topological polar surface area (TPSA) is 61.0 Å². The van der Waals surface area contributed by atoms with Crippen molar-refractivity contribution in [1.29, 1.82) is 0 Å². The fourth-order valence-electron chi connectivity index (χ4n) is 4.41. The molecule has 3 unspecified atom stereocenters. The average Bonchev–Trinajstić information content (AvgIpc) is 2.76. The summed E-state index contributed by atoms with van der Waals surface area (Å²) in [6, 6.07) is 0. The summed E-state index contributed by atoms with van der Waals surface area (Å²) >= 11 is 0. The van der Waals surface area contributed by atoms with Crippen LogP contribution in [-0.2, 0) is 6.54 Å². The monoisotopic (exact) mass is 289 g/mol. The first-order chi connectivity index (χ1) is 9.81. The Bertz CT molecular complexity index is 569. The SMILES string of the molecule is Cc1nnc(OC2CC3CCC2(C)C3(C)C)c(CN)c1C. The van der Waals surface area contributed by atoms with Crippen LogP contribution < -0.4 is 10.5 Å². The van der Waals surface area contributed by atoms with Crippen LogP contribution in [0.2, 0.25) is 0 Å². The molecule has 2 fully saturated rings. The summed E-state index contributed by atoms with van der Waals surface area (Å²) < 4.78 is 6.35. The molecular weight excluding hydrogens is 262 g/mol. The van der Waals surface area contributed by atoms with E-state index in [0.717, 1.165) is 29.2 Å². The Kier molecular flexibility index (Phi) is 3.28. The van der Waals surface area contributed by atoms with Crippen molar-refractivity contribution < 1.29 is 4.74 Å². The van der Waals surface area contributed by atoms with Gasteiger partial charge in [-0.3, -0.25) is 0 Å². The molecule has 2 N–H and O–H groups in total. The normalized spacial score (nSPS) is 33.4. The fraction of sp³-hybridized carbons (Fsp3) is 0.765. The molecule has 2 aliphatic carbocycles. The summed E-state index contributed by atoms with van der Waals surface area (Å²) in [7, 11) is 0. The summed E-state index contributed by atoms with van der Waals surface area (Å²) in [6.45, 7) is 11.6. The summed E-state index contributed by atoms with van der Waals surface area (Å²) in [6.07, 6.45) is 3.92. The van der Waals surface area contributed by atoms with Crippen LogP contribution in [0.5, 0.6) is 5.88 Å². The van der Waals surface area contributed by atoms with E-state index in [2.05, 4.69) is 31.0 Å². The predicted octanol–water partition coefficient (Wildman–Crippen LogP) is 3.15. The predicted molar refractivity (Wildman–Crippen MR) is 83.0 cm³/mol. The van der Waals surface area contributed by atoms with E-state index < -0.39 is 0 Å². The Balaban J connectivity index is 1.91. The lowest BCUT2D eigenvalue weighted by atomic mass is 9.70. The van der Waals surface area contributed by atoms with E-state index >= 15 is 0 Å². The van der Waals surface area contributed by atoms with Crippen molar-refractivity contribution in [2.24, 2.45) is 22.5 Å². The zero-order chi connectivity index (χ0) is 15.4. The van der Waals surface area contributed by atoms with Crippen molar-refractivity contribution in [2.75, 3.05) is 0 Å². The molecule has 1 aromatic heterocycles. The molecule has 0 aliphatic heterocycles. The number of hydrogen-bond donors (Lipinski definition) is 1. The van der Waals surface area contributed by atoms with Gasteiger partial charge >= 0.3 is 0 Å². The van der Waals surface area contributed by atoms with E-state index in [4.69, 9.17) is 10.5 Å². The van der Waals surface area contributed by atoms with E-state index in [1.54, 1.807) is 0 Å². The smallest absolute Gasteiger partial charge is 0.238 e. The number of aryl methyl sites for hydroxylation is 1. The molecule has 0 radical (unpaired) electrons. The second-order valence-electron chi connectivity index (χ2n) is 7.62. The van der Waals surface area contributed by atoms with Crippen molar-refractivity contribution in [3.05, 3.63) is 16.8 Å². The molecule has 4 heteroatoms. The molecule has 1 aromatic rings. The standard InChI is InChI=1S/C17H27N3O/c1-10-11(2)19-20-15(13(10)9-18)21-14-8-12-6-7-17(14,5)16(12,3)4/h12,14H,6-9,18H2,1-5H3. The summed E-state index contributed by atoms with van der Waals surface area (Å²) in [5, 5.41) is 8.50. The number of nitrogens with two attached hydrogens (primary N) is 1. The van der Waals surface area contributed by atoms with E-state index in [0.29, 0.717) is 17.8 Å². The number of hydrogen-bond acceptors (Lipinski definition) is 4. The molecule has 3 rings (SSSR count). The number of rotatable bonds is 3. The van der Waals surface area contributed by atoms with Crippen LogP contribution in [0.1, 0.15) is 56.9 Å². The zero-order valence-corrected chi connectivity index (χ0v) is 13.9. The van der Waals surface area contributed by atoms with Crippen LogP contribution in [0.25, 0.3) is 0 Å². The Morgan fingerprint density at radius 1 is 1.24 bits per heavy atom. The maximum Gasteiger partial charge on any atom is 0.238 e. The fourth-order valence-corrected chi connectivity index (χ4v) is 4.41. The van der Waals surface area contributed by atoms with Gasteiger partial charge in [0, 0.05) is 17.5 Å². The zero-order valence-electron chi connectivity index (χ0n) is 13.9. The molecular formula is C17H27N3O. The summed E-state index contributed by atoms with van der Waals surface area (Å²) in [5.41, 5.74) is 9.52. The van der Waals surface area contributed by atoms with Crippen LogP contribution in [0.3, 0.4) is 0 Å². The minimum Gasteiger partial charge on any atom is -0.472 e. The third-order valence-corrected chi connectivity index (χ3v) is 6.72. The molecule has 4 nitrogen and oxygen atoms in total. The first kappa shape index (κ1) is 14.8. The molecule has 0 saturated heterocycles. The Labute approximate surface area is 127 Å². The minimum atomic E-state index is 0.226. The van der Waals surface area contributed by atoms with Gasteiger partial charge < -0.3 is 10.5 Å². The highest BCUT2D eigenvalue weighted by Crippen LogP contribution is 2.66. The molecule has 2 aliphatic rings. The van der Waals surface area contributed by atoms with Crippen LogP contribution in [-0.4, -0.2) is 16.3 Å². The van der Waals surface area contributed by atoms with Crippen molar-refractivity contribution >= 4 is 0 Å². The van der Waals surface area contributed by atoms with Crippen LogP contribution in [0.4, 0.5) is 0 Å². The van der Waals surface area contributed by atoms with Gasteiger partial charge in [0.25, 0.3) is 0 Å². The van der Waals surface area contributed by atoms with Gasteiger partial charge in [0.2, 0.25) is 5.88 Å². The number of aromatic nitrogens is 2. The van der Waals surface area contributed by atoms with Gasteiger partial charge in [0.15, 0.2) is 0 Å². The first-order valence-corrected chi connectivity index (χ1v) is 8.00. The highest BCUT2D eigenvalue weighted by Gasteiger charge is 2.62. The summed E-state index contributed by atoms with van der Waals surface area (Å²) in [5.74, 6) is 1.41. The second-order valence-corrected chi connectivity index (χ2v) is 7.62. The first-order valence-electron chi connectivity index (χ1n) is 8.00. The lowest BCUT2D eigenvalue weighted by molar-refractivity contribution is 0.0259. The van der Waals surface area contributed by atoms with Gasteiger partial charge in [0.05, 0.1) is 5.69 Å². The molecule has 1 heterocycles. The van der Waals surface area contributed by atoms with Crippen molar-refractivity contribution in [3.8, 4) is 5.88 Å². The Morgan fingerprint density at radius 3 is 2.48 bits per heavy atom. The van der Waals surface area contributed by atoms with Crippen LogP contribution >= 0.6 is 0 Å². The highest BCUT2D eigenvalue weighted by atomic mass is 16.5. The van der Waals surface area contributed by atoms with E-state index in [9.17, 15) is 0 Å². The molecule has 116 valence electrons. The van der Waals surface area contributed by atoms with Gasteiger partial charge in [-0.05, 0) is 50.0 Å². The van der Waals surface area contributed by atoms with Crippen LogP contribution in [0.15, 0.2) is 0 Å². The number of ether oxygens (including phenoxy) is 1. The highest BCUT2D eigenvalue weighted by molar-refractivity contribution is 5.35.